The first-order chi connectivity index (χ1) is 10.1. The van der Waals surface area contributed by atoms with Crippen LogP contribution in [0.25, 0.3) is 0 Å². The number of carbonyl (C=O) groups is 3. The number of hydrogen-bond acceptors (Lipinski definition) is 4. The number of hydrogen-bond donors (Lipinski definition) is 0. The molecular weight excluding hydrogens is 268 g/mol. The average Bonchev–Trinajstić information content (AvgIpc) is 2.72. The minimum absolute atomic E-state index is 0.0102. The molecule has 0 spiro atoms. The van der Waals surface area contributed by atoms with Crippen LogP contribution >= 0.6 is 0 Å². The zero-order valence-corrected chi connectivity index (χ0v) is 12.3. The van der Waals surface area contributed by atoms with Gasteiger partial charge in [0.05, 0.1) is 13.0 Å². The van der Waals surface area contributed by atoms with Crippen molar-refractivity contribution < 1.29 is 19.1 Å². The van der Waals surface area contributed by atoms with Crippen LogP contribution in [0.5, 0.6) is 0 Å². The zero-order valence-electron chi connectivity index (χ0n) is 12.3. The monoisotopic (exact) mass is 288 g/mol. The van der Waals surface area contributed by atoms with Crippen LogP contribution in [0.2, 0.25) is 0 Å². The molecule has 0 heterocycles. The summed E-state index contributed by atoms with van der Waals surface area (Å²) in [4.78, 5) is 35.6. The van der Waals surface area contributed by atoms with Gasteiger partial charge in [-0.3, -0.25) is 9.59 Å². The van der Waals surface area contributed by atoms with Crippen LogP contribution in [-0.2, 0) is 19.1 Å². The van der Waals surface area contributed by atoms with E-state index in [4.69, 9.17) is 4.74 Å². The molecule has 1 aliphatic carbocycles. The molecule has 1 aromatic rings. The molecule has 0 saturated heterocycles. The average molecular weight is 288 g/mol. The van der Waals surface area contributed by atoms with E-state index in [2.05, 4.69) is 0 Å². The third-order valence-corrected chi connectivity index (χ3v) is 4.27. The molecule has 0 aliphatic heterocycles. The SMILES string of the molecule is CCOC(=O)C[C@@H]1C(=O)C(C)[C@H](c2ccccc2)[C@H]1C=O. The minimum Gasteiger partial charge on any atom is -0.466 e. The fourth-order valence-electron chi connectivity index (χ4n) is 3.29. The number of carbonyl (C=O) groups excluding carboxylic acids is 3. The molecule has 1 saturated carbocycles. The fourth-order valence-corrected chi connectivity index (χ4v) is 3.29. The van der Waals surface area contributed by atoms with Crippen molar-refractivity contribution in [3.05, 3.63) is 35.9 Å². The summed E-state index contributed by atoms with van der Waals surface area (Å²) < 4.78 is 4.91. The molecule has 112 valence electrons. The summed E-state index contributed by atoms with van der Waals surface area (Å²) in [6, 6.07) is 9.55. The quantitative estimate of drug-likeness (QED) is 0.616. The lowest BCUT2D eigenvalue weighted by atomic mass is 9.82. The van der Waals surface area contributed by atoms with E-state index in [1.54, 1.807) is 6.92 Å². The van der Waals surface area contributed by atoms with E-state index in [9.17, 15) is 14.4 Å². The second kappa shape index (κ2) is 6.66. The highest BCUT2D eigenvalue weighted by Gasteiger charge is 2.48. The third kappa shape index (κ3) is 3.04. The first-order valence-corrected chi connectivity index (χ1v) is 7.29. The summed E-state index contributed by atoms with van der Waals surface area (Å²) in [7, 11) is 0. The highest BCUT2D eigenvalue weighted by molar-refractivity contribution is 5.93. The van der Waals surface area contributed by atoms with Gasteiger partial charge in [0.1, 0.15) is 12.1 Å². The first-order valence-electron chi connectivity index (χ1n) is 7.29. The Kier molecular flexibility index (Phi) is 4.89. The molecule has 4 heteroatoms. The Bertz CT molecular complexity index is 523. The minimum atomic E-state index is -0.568. The van der Waals surface area contributed by atoms with Crippen molar-refractivity contribution in [2.75, 3.05) is 6.61 Å². The molecule has 0 aromatic heterocycles. The molecule has 21 heavy (non-hydrogen) atoms. The Morgan fingerprint density at radius 3 is 2.52 bits per heavy atom. The Hall–Kier alpha value is -1.97. The summed E-state index contributed by atoms with van der Waals surface area (Å²) in [5.41, 5.74) is 0.974. The Morgan fingerprint density at radius 1 is 1.29 bits per heavy atom. The molecule has 0 amide bonds. The molecule has 1 aromatic carbocycles. The summed E-state index contributed by atoms with van der Waals surface area (Å²) in [5, 5.41) is 0. The van der Waals surface area contributed by atoms with Crippen LogP contribution in [0, 0.1) is 17.8 Å². The van der Waals surface area contributed by atoms with Gasteiger partial charge in [0.15, 0.2) is 0 Å². The molecule has 1 fully saturated rings. The highest BCUT2D eigenvalue weighted by atomic mass is 16.5. The predicted molar refractivity (Wildman–Crippen MR) is 77.6 cm³/mol. The lowest BCUT2D eigenvalue weighted by Crippen LogP contribution is -2.23. The van der Waals surface area contributed by atoms with Gasteiger partial charge >= 0.3 is 5.97 Å². The third-order valence-electron chi connectivity index (χ3n) is 4.27. The van der Waals surface area contributed by atoms with Gasteiger partial charge < -0.3 is 9.53 Å². The lowest BCUT2D eigenvalue weighted by Gasteiger charge is -2.20. The number of ketones is 1. The molecule has 4 nitrogen and oxygen atoms in total. The van der Waals surface area contributed by atoms with Crippen molar-refractivity contribution in [2.24, 2.45) is 17.8 Å². The number of Topliss-reactive ketones (excluding diaryl/α,β-unsaturated/α-hetero) is 1. The molecule has 0 N–H and O–H groups in total. The van der Waals surface area contributed by atoms with Crippen molar-refractivity contribution in [3.63, 3.8) is 0 Å². The van der Waals surface area contributed by atoms with E-state index in [0.29, 0.717) is 0 Å². The number of esters is 1. The van der Waals surface area contributed by atoms with E-state index >= 15 is 0 Å². The zero-order chi connectivity index (χ0) is 15.4. The van der Waals surface area contributed by atoms with Crippen molar-refractivity contribution in [1.29, 1.82) is 0 Å². The van der Waals surface area contributed by atoms with Crippen LogP contribution in [-0.4, -0.2) is 24.6 Å². The maximum atomic E-state index is 12.4. The van der Waals surface area contributed by atoms with Gasteiger partial charge in [0, 0.05) is 23.7 Å². The van der Waals surface area contributed by atoms with E-state index < -0.39 is 17.8 Å². The summed E-state index contributed by atoms with van der Waals surface area (Å²) in [6.45, 7) is 3.84. The molecule has 2 rings (SSSR count). The number of rotatable bonds is 5. The van der Waals surface area contributed by atoms with Crippen molar-refractivity contribution in [1.82, 2.24) is 0 Å². The van der Waals surface area contributed by atoms with Gasteiger partial charge in [-0.25, -0.2) is 0 Å². The van der Waals surface area contributed by atoms with Crippen molar-refractivity contribution >= 4 is 18.0 Å². The van der Waals surface area contributed by atoms with Crippen LogP contribution in [0.15, 0.2) is 30.3 Å². The summed E-state index contributed by atoms with van der Waals surface area (Å²) in [6.07, 6.45) is 0.812. The molecule has 1 aliphatic rings. The standard InChI is InChI=1S/C17H20O4/c1-3-21-15(19)9-13-14(10-18)16(11(2)17(13)20)12-7-5-4-6-8-12/h4-8,10-11,13-14,16H,3,9H2,1-2H3/t11?,13-,14-,16+/m0/s1. The maximum Gasteiger partial charge on any atom is 0.306 e. The molecule has 0 radical (unpaired) electrons. The molecular formula is C17H20O4. The van der Waals surface area contributed by atoms with Crippen LogP contribution in [0.4, 0.5) is 0 Å². The van der Waals surface area contributed by atoms with Crippen molar-refractivity contribution in [3.8, 4) is 0 Å². The van der Waals surface area contributed by atoms with Gasteiger partial charge in [-0.15, -0.1) is 0 Å². The Morgan fingerprint density at radius 2 is 1.95 bits per heavy atom. The first kappa shape index (κ1) is 15.4. The Labute approximate surface area is 124 Å². The van der Waals surface area contributed by atoms with Gasteiger partial charge in [-0.2, -0.15) is 0 Å². The van der Waals surface area contributed by atoms with Gasteiger partial charge in [0.2, 0.25) is 0 Å². The second-order valence-electron chi connectivity index (χ2n) is 5.46. The van der Waals surface area contributed by atoms with Crippen LogP contribution in [0.1, 0.15) is 31.7 Å². The molecule has 0 bridgehead atoms. The van der Waals surface area contributed by atoms with Gasteiger partial charge in [0.25, 0.3) is 0 Å². The Balaban J connectivity index is 2.26. The number of aldehydes is 1. The smallest absolute Gasteiger partial charge is 0.306 e. The lowest BCUT2D eigenvalue weighted by molar-refractivity contribution is -0.146. The van der Waals surface area contributed by atoms with Crippen LogP contribution in [0.3, 0.4) is 0 Å². The molecule has 1 unspecified atom stereocenters. The normalized spacial score (nSPS) is 28.4. The topological polar surface area (TPSA) is 60.4 Å². The van der Waals surface area contributed by atoms with E-state index in [-0.39, 0.29) is 30.6 Å². The van der Waals surface area contributed by atoms with Gasteiger partial charge in [-0.05, 0) is 12.5 Å². The van der Waals surface area contributed by atoms with Crippen LogP contribution < -0.4 is 0 Å². The molecule has 4 atom stereocenters. The number of benzene rings is 1. The van der Waals surface area contributed by atoms with Gasteiger partial charge in [-0.1, -0.05) is 37.3 Å². The van der Waals surface area contributed by atoms with E-state index in [1.165, 1.54) is 0 Å². The maximum absolute atomic E-state index is 12.4. The number of ether oxygens (including phenoxy) is 1. The van der Waals surface area contributed by atoms with E-state index in [1.807, 2.05) is 37.3 Å². The second-order valence-corrected chi connectivity index (χ2v) is 5.46. The van der Waals surface area contributed by atoms with Crippen molar-refractivity contribution in [2.45, 2.75) is 26.2 Å². The highest BCUT2D eigenvalue weighted by Crippen LogP contribution is 2.45. The summed E-state index contributed by atoms with van der Waals surface area (Å²) in [5.74, 6) is -1.88. The largest absolute Gasteiger partial charge is 0.466 e. The van der Waals surface area contributed by atoms with E-state index in [0.717, 1.165) is 11.8 Å². The fraction of sp³-hybridized carbons (Fsp3) is 0.471. The summed E-state index contributed by atoms with van der Waals surface area (Å²) >= 11 is 0. The predicted octanol–water partition coefficient (Wildman–Crippen LogP) is 2.37.